The lowest BCUT2D eigenvalue weighted by Gasteiger charge is -2.37. The van der Waals surface area contributed by atoms with Crippen molar-refractivity contribution in [1.29, 1.82) is 0 Å². The van der Waals surface area contributed by atoms with E-state index < -0.39 is 0 Å². The van der Waals surface area contributed by atoms with Crippen molar-refractivity contribution in [2.75, 3.05) is 19.7 Å². The fourth-order valence-corrected chi connectivity index (χ4v) is 3.88. The van der Waals surface area contributed by atoms with Crippen molar-refractivity contribution in [3.8, 4) is 0 Å². The second-order valence-electron chi connectivity index (χ2n) is 6.36. The number of ketones is 1. The Bertz CT molecular complexity index is 520. The van der Waals surface area contributed by atoms with Gasteiger partial charge in [-0.05, 0) is 30.9 Å². The van der Waals surface area contributed by atoms with Gasteiger partial charge >= 0.3 is 0 Å². The number of carbonyl (C=O) groups is 1. The number of hydrogen-bond donors (Lipinski definition) is 0. The van der Waals surface area contributed by atoms with E-state index in [1.807, 2.05) is 18.2 Å². The van der Waals surface area contributed by atoms with Gasteiger partial charge in [0.25, 0.3) is 0 Å². The molecule has 3 rings (SSSR count). The Morgan fingerprint density at radius 2 is 2.05 bits per heavy atom. The van der Waals surface area contributed by atoms with E-state index in [4.69, 9.17) is 16.3 Å². The second-order valence-corrected chi connectivity index (χ2v) is 6.77. The third-order valence-corrected chi connectivity index (χ3v) is 5.22. The molecule has 2 aliphatic rings. The van der Waals surface area contributed by atoms with Crippen LogP contribution in [0.4, 0.5) is 0 Å². The summed E-state index contributed by atoms with van der Waals surface area (Å²) in [6.45, 7) is 2.23. The van der Waals surface area contributed by atoms with Gasteiger partial charge in [-0.25, -0.2) is 0 Å². The monoisotopic (exact) mass is 321 g/mol. The van der Waals surface area contributed by atoms with Crippen LogP contribution >= 0.6 is 11.6 Å². The van der Waals surface area contributed by atoms with Crippen LogP contribution in [0.25, 0.3) is 0 Å². The fourth-order valence-electron chi connectivity index (χ4n) is 3.65. The van der Waals surface area contributed by atoms with Crippen LogP contribution in [0.2, 0.25) is 5.02 Å². The van der Waals surface area contributed by atoms with Gasteiger partial charge in [-0.1, -0.05) is 42.6 Å². The first-order valence-corrected chi connectivity index (χ1v) is 8.72. The first-order valence-electron chi connectivity index (χ1n) is 8.35. The molecule has 1 heterocycles. The van der Waals surface area contributed by atoms with Crippen molar-refractivity contribution in [3.05, 3.63) is 34.9 Å². The van der Waals surface area contributed by atoms with Crippen LogP contribution in [0.1, 0.15) is 37.7 Å². The van der Waals surface area contributed by atoms with Crippen molar-refractivity contribution >= 4 is 17.4 Å². The number of benzene rings is 1. The maximum absolute atomic E-state index is 11.5. The largest absolute Gasteiger partial charge is 0.376 e. The van der Waals surface area contributed by atoms with Crippen molar-refractivity contribution < 1.29 is 9.53 Å². The maximum Gasteiger partial charge on any atom is 0.148 e. The van der Waals surface area contributed by atoms with E-state index in [0.29, 0.717) is 31.4 Å². The molecule has 0 spiro atoms. The van der Waals surface area contributed by atoms with Gasteiger partial charge in [0.05, 0.1) is 19.3 Å². The van der Waals surface area contributed by atoms with Crippen LogP contribution in [0, 0.1) is 0 Å². The number of hydrogen-bond acceptors (Lipinski definition) is 3. The zero-order valence-corrected chi connectivity index (χ0v) is 13.7. The van der Waals surface area contributed by atoms with Crippen LogP contribution in [-0.2, 0) is 16.0 Å². The minimum atomic E-state index is 0.266. The Morgan fingerprint density at radius 1 is 1.23 bits per heavy atom. The highest BCUT2D eigenvalue weighted by Gasteiger charge is 2.34. The molecule has 1 aliphatic carbocycles. The molecule has 3 nitrogen and oxygen atoms in total. The van der Waals surface area contributed by atoms with Crippen molar-refractivity contribution in [2.45, 2.75) is 50.7 Å². The summed E-state index contributed by atoms with van der Waals surface area (Å²) in [5, 5.41) is 0.816. The molecule has 0 bridgehead atoms. The Hall–Kier alpha value is -0.900. The molecule has 2 atom stereocenters. The van der Waals surface area contributed by atoms with E-state index in [1.54, 1.807) is 0 Å². The molecule has 0 aromatic heterocycles. The molecule has 0 N–H and O–H groups in total. The smallest absolute Gasteiger partial charge is 0.148 e. The van der Waals surface area contributed by atoms with E-state index in [0.717, 1.165) is 36.4 Å². The maximum atomic E-state index is 11.5. The van der Waals surface area contributed by atoms with Gasteiger partial charge in [0.2, 0.25) is 0 Å². The van der Waals surface area contributed by atoms with Gasteiger partial charge in [-0.2, -0.15) is 0 Å². The van der Waals surface area contributed by atoms with Gasteiger partial charge in [0, 0.05) is 24.0 Å². The summed E-state index contributed by atoms with van der Waals surface area (Å²) < 4.78 is 6.19. The molecule has 1 aliphatic heterocycles. The summed E-state index contributed by atoms with van der Waals surface area (Å²) in [5.74, 6) is 0.375. The molecule has 1 aromatic carbocycles. The topological polar surface area (TPSA) is 29.5 Å². The molecule has 120 valence electrons. The minimum Gasteiger partial charge on any atom is -0.376 e. The molecule has 1 saturated heterocycles. The molecule has 1 aromatic rings. The van der Waals surface area contributed by atoms with Crippen LogP contribution in [0.5, 0.6) is 0 Å². The number of halogens is 1. The van der Waals surface area contributed by atoms with E-state index in [2.05, 4.69) is 11.0 Å². The molecule has 2 fully saturated rings. The van der Waals surface area contributed by atoms with Gasteiger partial charge in [0.15, 0.2) is 0 Å². The summed E-state index contributed by atoms with van der Waals surface area (Å²) in [6, 6.07) is 8.38. The Balaban J connectivity index is 1.53. The summed E-state index contributed by atoms with van der Waals surface area (Å²) in [7, 11) is 0. The first-order chi connectivity index (χ1) is 10.7. The number of ether oxygens (including phenoxy) is 1. The quantitative estimate of drug-likeness (QED) is 0.831. The first kappa shape index (κ1) is 16.0. The normalized spacial score (nSPS) is 26.5. The number of carbonyl (C=O) groups excluding carboxylic acids is 1. The Kier molecular flexibility index (Phi) is 5.51. The highest BCUT2D eigenvalue weighted by Crippen LogP contribution is 2.28. The highest BCUT2D eigenvalue weighted by molar-refractivity contribution is 6.31. The van der Waals surface area contributed by atoms with E-state index in [-0.39, 0.29) is 6.10 Å². The van der Waals surface area contributed by atoms with E-state index >= 15 is 0 Å². The lowest BCUT2D eigenvalue weighted by atomic mass is 9.91. The van der Waals surface area contributed by atoms with E-state index in [9.17, 15) is 4.79 Å². The summed E-state index contributed by atoms with van der Waals surface area (Å²) in [5.41, 5.74) is 1.15. The Labute approximate surface area is 137 Å². The minimum absolute atomic E-state index is 0.266. The van der Waals surface area contributed by atoms with E-state index in [1.165, 1.54) is 12.8 Å². The third-order valence-electron chi connectivity index (χ3n) is 4.86. The lowest BCUT2D eigenvalue weighted by molar-refractivity contribution is -0.117. The van der Waals surface area contributed by atoms with Crippen LogP contribution in [0.3, 0.4) is 0 Å². The number of rotatable bonds is 5. The highest BCUT2D eigenvalue weighted by atomic mass is 35.5. The SMILES string of the molecule is O=C1CCN(C2CCCC[C@@H]2OCCc2ccccc2Cl)C1. The van der Waals surface area contributed by atoms with Crippen molar-refractivity contribution in [1.82, 2.24) is 4.90 Å². The fraction of sp³-hybridized carbons (Fsp3) is 0.611. The zero-order chi connectivity index (χ0) is 15.4. The van der Waals surface area contributed by atoms with Crippen LogP contribution in [0.15, 0.2) is 24.3 Å². The lowest BCUT2D eigenvalue weighted by Crippen LogP contribution is -2.45. The van der Waals surface area contributed by atoms with Crippen molar-refractivity contribution in [3.63, 3.8) is 0 Å². The average molecular weight is 322 g/mol. The predicted molar refractivity (Wildman–Crippen MR) is 88.3 cm³/mol. The second kappa shape index (κ2) is 7.58. The molecular weight excluding hydrogens is 298 g/mol. The Morgan fingerprint density at radius 3 is 2.82 bits per heavy atom. The molecular formula is C18H24ClNO2. The van der Waals surface area contributed by atoms with Gasteiger partial charge in [-0.3, -0.25) is 9.69 Å². The van der Waals surface area contributed by atoms with Gasteiger partial charge in [-0.15, -0.1) is 0 Å². The standard InChI is InChI=1S/C18H24ClNO2/c19-16-6-2-1-5-14(16)10-12-22-18-8-4-3-7-17(18)20-11-9-15(21)13-20/h1-2,5-6,17-18H,3-4,7-13H2/t17?,18-/m0/s1. The zero-order valence-electron chi connectivity index (χ0n) is 13.0. The summed E-state index contributed by atoms with van der Waals surface area (Å²) in [4.78, 5) is 13.9. The van der Waals surface area contributed by atoms with Crippen LogP contribution < -0.4 is 0 Å². The predicted octanol–water partition coefficient (Wildman–Crippen LogP) is 3.49. The molecule has 1 saturated carbocycles. The average Bonchev–Trinajstić information content (AvgIpc) is 2.96. The van der Waals surface area contributed by atoms with Crippen molar-refractivity contribution in [2.24, 2.45) is 0 Å². The number of Topliss-reactive ketones (excluding diaryl/α,β-unsaturated/α-hetero) is 1. The number of likely N-dealkylation sites (tertiary alicyclic amines) is 1. The summed E-state index contributed by atoms with van der Waals surface area (Å²) >= 11 is 6.19. The molecule has 22 heavy (non-hydrogen) atoms. The third kappa shape index (κ3) is 3.89. The molecule has 0 radical (unpaired) electrons. The summed E-state index contributed by atoms with van der Waals surface area (Å²) in [6.07, 6.45) is 6.57. The molecule has 0 amide bonds. The molecule has 1 unspecified atom stereocenters. The molecule has 4 heteroatoms. The van der Waals surface area contributed by atoms with Crippen LogP contribution in [-0.4, -0.2) is 42.5 Å². The number of nitrogens with zero attached hydrogens (tertiary/aromatic N) is 1. The van der Waals surface area contributed by atoms with Gasteiger partial charge in [0.1, 0.15) is 5.78 Å². The van der Waals surface area contributed by atoms with Gasteiger partial charge < -0.3 is 4.74 Å².